The van der Waals surface area contributed by atoms with Gasteiger partial charge in [-0.25, -0.2) is 0 Å². The van der Waals surface area contributed by atoms with Gasteiger partial charge in [-0.1, -0.05) is 60.7 Å². The van der Waals surface area contributed by atoms with Crippen LogP contribution in [0.4, 0.5) is 0 Å². The van der Waals surface area contributed by atoms with E-state index in [2.05, 4.69) is 66.0 Å². The van der Waals surface area contributed by atoms with Crippen LogP contribution in [0.2, 0.25) is 0 Å². The molecule has 3 rings (SSSR count). The van der Waals surface area contributed by atoms with E-state index in [9.17, 15) is 0 Å². The van der Waals surface area contributed by atoms with Crippen molar-refractivity contribution in [2.24, 2.45) is 0 Å². The van der Waals surface area contributed by atoms with E-state index < -0.39 is 0 Å². The lowest BCUT2D eigenvalue weighted by Gasteiger charge is -2.29. The maximum atomic E-state index is 3.74. The van der Waals surface area contributed by atoms with Crippen LogP contribution in [0.1, 0.15) is 42.7 Å². The molecule has 0 bridgehead atoms. The van der Waals surface area contributed by atoms with Crippen molar-refractivity contribution >= 4 is 0 Å². The highest BCUT2D eigenvalue weighted by molar-refractivity contribution is 5.20. The van der Waals surface area contributed by atoms with Crippen LogP contribution in [-0.4, -0.2) is 12.6 Å². The Morgan fingerprint density at radius 3 is 2.05 bits per heavy atom. The molecule has 0 atom stereocenters. The summed E-state index contributed by atoms with van der Waals surface area (Å²) in [5, 5.41) is 3.74. The van der Waals surface area contributed by atoms with E-state index in [1.54, 1.807) is 0 Å². The zero-order chi connectivity index (χ0) is 14.3. The summed E-state index contributed by atoms with van der Waals surface area (Å²) in [7, 11) is 0. The van der Waals surface area contributed by atoms with Crippen molar-refractivity contribution < 1.29 is 0 Å². The Labute approximate surface area is 128 Å². The molecule has 0 aliphatic heterocycles. The molecule has 110 valence electrons. The van der Waals surface area contributed by atoms with Crippen molar-refractivity contribution in [1.29, 1.82) is 0 Å². The van der Waals surface area contributed by atoms with E-state index >= 15 is 0 Å². The highest BCUT2D eigenvalue weighted by Crippen LogP contribution is 2.32. The highest BCUT2D eigenvalue weighted by atomic mass is 14.9. The summed E-state index contributed by atoms with van der Waals surface area (Å²) in [6.07, 6.45) is 6.42. The zero-order valence-corrected chi connectivity index (χ0v) is 12.7. The Morgan fingerprint density at radius 2 is 1.38 bits per heavy atom. The Hall–Kier alpha value is -1.60. The fourth-order valence-electron chi connectivity index (χ4n) is 3.42. The lowest BCUT2D eigenvalue weighted by Crippen LogP contribution is -2.34. The molecule has 1 N–H and O–H groups in total. The van der Waals surface area contributed by atoms with Crippen LogP contribution < -0.4 is 5.32 Å². The van der Waals surface area contributed by atoms with Gasteiger partial charge in [-0.05, 0) is 55.7 Å². The summed E-state index contributed by atoms with van der Waals surface area (Å²) in [5.41, 5.74) is 2.96. The first kappa shape index (κ1) is 14.3. The van der Waals surface area contributed by atoms with Gasteiger partial charge in [0.15, 0.2) is 0 Å². The van der Waals surface area contributed by atoms with Gasteiger partial charge >= 0.3 is 0 Å². The summed E-state index contributed by atoms with van der Waals surface area (Å²) in [5.74, 6) is 0.776. The summed E-state index contributed by atoms with van der Waals surface area (Å²) in [4.78, 5) is 0. The molecule has 21 heavy (non-hydrogen) atoms. The normalized spacial score (nSPS) is 22.1. The molecular weight excluding hydrogens is 254 g/mol. The molecule has 1 aliphatic rings. The second-order valence-electron chi connectivity index (χ2n) is 6.15. The quantitative estimate of drug-likeness (QED) is 0.847. The third kappa shape index (κ3) is 4.18. The smallest absolute Gasteiger partial charge is 0.00676 e. The molecule has 0 saturated heterocycles. The zero-order valence-electron chi connectivity index (χ0n) is 12.7. The fraction of sp³-hybridized carbons (Fsp3) is 0.400. The van der Waals surface area contributed by atoms with Crippen molar-refractivity contribution in [1.82, 2.24) is 5.32 Å². The standard InChI is InChI=1S/C20H25N/c1-3-7-17(8-4-1)15-16-21-20-13-11-19(12-14-20)18-9-5-2-6-10-18/h1-10,19-21H,11-16H2. The van der Waals surface area contributed by atoms with Gasteiger partial charge in [-0.2, -0.15) is 0 Å². The molecule has 0 radical (unpaired) electrons. The maximum absolute atomic E-state index is 3.74. The van der Waals surface area contributed by atoms with E-state index in [1.807, 2.05) is 0 Å². The minimum absolute atomic E-state index is 0.716. The van der Waals surface area contributed by atoms with Crippen LogP contribution in [0.5, 0.6) is 0 Å². The van der Waals surface area contributed by atoms with Gasteiger partial charge in [-0.15, -0.1) is 0 Å². The summed E-state index contributed by atoms with van der Waals surface area (Å²) in [6, 6.07) is 22.5. The van der Waals surface area contributed by atoms with Crippen LogP contribution in [-0.2, 0) is 6.42 Å². The molecule has 1 fully saturated rings. The Morgan fingerprint density at radius 1 is 0.762 bits per heavy atom. The summed E-state index contributed by atoms with van der Waals surface area (Å²) < 4.78 is 0. The first-order chi connectivity index (χ1) is 10.4. The molecule has 1 heteroatoms. The number of rotatable bonds is 5. The van der Waals surface area contributed by atoms with Crippen LogP contribution >= 0.6 is 0 Å². The van der Waals surface area contributed by atoms with Gasteiger partial charge in [0.2, 0.25) is 0 Å². The third-order valence-corrected chi connectivity index (χ3v) is 4.69. The number of hydrogen-bond donors (Lipinski definition) is 1. The predicted molar refractivity (Wildman–Crippen MR) is 89.6 cm³/mol. The molecule has 2 aromatic rings. The van der Waals surface area contributed by atoms with Crippen molar-refractivity contribution in [3.8, 4) is 0 Å². The number of benzene rings is 2. The fourth-order valence-corrected chi connectivity index (χ4v) is 3.42. The molecule has 0 unspecified atom stereocenters. The molecule has 2 aromatic carbocycles. The lowest BCUT2D eigenvalue weighted by atomic mass is 9.82. The SMILES string of the molecule is c1ccc(CCNC2CCC(c3ccccc3)CC2)cc1. The Balaban J connectivity index is 1.40. The van der Waals surface area contributed by atoms with E-state index in [-0.39, 0.29) is 0 Å². The predicted octanol–water partition coefficient (Wildman–Crippen LogP) is 4.55. The van der Waals surface area contributed by atoms with Crippen LogP contribution in [0, 0.1) is 0 Å². The molecule has 0 spiro atoms. The monoisotopic (exact) mass is 279 g/mol. The summed E-state index contributed by atoms with van der Waals surface area (Å²) in [6.45, 7) is 1.10. The first-order valence-electron chi connectivity index (χ1n) is 8.24. The van der Waals surface area contributed by atoms with Crippen LogP contribution in [0.3, 0.4) is 0 Å². The number of hydrogen-bond acceptors (Lipinski definition) is 1. The molecule has 1 aliphatic carbocycles. The average Bonchev–Trinajstić information content (AvgIpc) is 2.57. The second kappa shape index (κ2) is 7.42. The van der Waals surface area contributed by atoms with E-state index in [4.69, 9.17) is 0 Å². The van der Waals surface area contributed by atoms with Crippen LogP contribution in [0.15, 0.2) is 60.7 Å². The van der Waals surface area contributed by atoms with Crippen molar-refractivity contribution in [2.45, 2.75) is 44.1 Å². The average molecular weight is 279 g/mol. The van der Waals surface area contributed by atoms with E-state index in [0.717, 1.165) is 18.9 Å². The van der Waals surface area contributed by atoms with E-state index in [1.165, 1.54) is 36.8 Å². The van der Waals surface area contributed by atoms with Gasteiger partial charge in [0, 0.05) is 6.04 Å². The van der Waals surface area contributed by atoms with E-state index in [0.29, 0.717) is 6.04 Å². The molecule has 0 heterocycles. The largest absolute Gasteiger partial charge is 0.314 e. The van der Waals surface area contributed by atoms with Gasteiger partial charge in [0.1, 0.15) is 0 Å². The van der Waals surface area contributed by atoms with Gasteiger partial charge in [0.05, 0.1) is 0 Å². The minimum atomic E-state index is 0.716. The molecule has 1 nitrogen and oxygen atoms in total. The molecular formula is C20H25N. The van der Waals surface area contributed by atoms with Crippen LogP contribution in [0.25, 0.3) is 0 Å². The Kier molecular flexibility index (Phi) is 5.07. The minimum Gasteiger partial charge on any atom is -0.314 e. The highest BCUT2D eigenvalue weighted by Gasteiger charge is 2.21. The van der Waals surface area contributed by atoms with Gasteiger partial charge in [0.25, 0.3) is 0 Å². The summed E-state index contributed by atoms with van der Waals surface area (Å²) >= 11 is 0. The first-order valence-corrected chi connectivity index (χ1v) is 8.24. The third-order valence-electron chi connectivity index (χ3n) is 4.69. The molecule has 0 aromatic heterocycles. The maximum Gasteiger partial charge on any atom is 0.00676 e. The van der Waals surface area contributed by atoms with Crippen molar-refractivity contribution in [3.63, 3.8) is 0 Å². The lowest BCUT2D eigenvalue weighted by molar-refractivity contribution is 0.344. The second-order valence-corrected chi connectivity index (χ2v) is 6.15. The number of nitrogens with one attached hydrogen (secondary N) is 1. The van der Waals surface area contributed by atoms with Gasteiger partial charge in [-0.3, -0.25) is 0 Å². The van der Waals surface area contributed by atoms with Crippen molar-refractivity contribution in [2.75, 3.05) is 6.54 Å². The molecule has 1 saturated carbocycles. The molecule has 0 amide bonds. The Bertz CT molecular complexity index is 509. The topological polar surface area (TPSA) is 12.0 Å². The van der Waals surface area contributed by atoms with Crippen molar-refractivity contribution in [3.05, 3.63) is 71.8 Å². The van der Waals surface area contributed by atoms with Gasteiger partial charge < -0.3 is 5.32 Å².